The lowest BCUT2D eigenvalue weighted by atomic mass is 9.96. The number of likely N-dealkylation sites (tertiary alicyclic amines) is 1. The zero-order valence-electron chi connectivity index (χ0n) is 17.4. The van der Waals surface area contributed by atoms with Gasteiger partial charge < -0.3 is 19.2 Å². The Morgan fingerprint density at radius 2 is 1.83 bits per heavy atom. The molecule has 4 rings (SSSR count). The van der Waals surface area contributed by atoms with Crippen molar-refractivity contribution in [2.24, 2.45) is 5.92 Å². The molecule has 0 spiro atoms. The van der Waals surface area contributed by atoms with Crippen LogP contribution in [0.5, 0.6) is 5.75 Å². The van der Waals surface area contributed by atoms with Crippen molar-refractivity contribution in [3.8, 4) is 5.75 Å². The molecule has 0 bridgehead atoms. The summed E-state index contributed by atoms with van der Waals surface area (Å²) in [5, 5.41) is 4.93. The largest absolute Gasteiger partial charge is 0.495 e. The molecule has 7 nitrogen and oxygen atoms in total. The highest BCUT2D eigenvalue weighted by atomic mass is 16.5. The fourth-order valence-electron chi connectivity index (χ4n) is 4.11. The fourth-order valence-corrected chi connectivity index (χ4v) is 4.11. The molecule has 1 aliphatic heterocycles. The summed E-state index contributed by atoms with van der Waals surface area (Å²) < 4.78 is 16.3. The summed E-state index contributed by atoms with van der Waals surface area (Å²) in [5.74, 6) is 0.201. The fraction of sp³-hybridized carbons (Fsp3) is 0.391. The van der Waals surface area contributed by atoms with Crippen LogP contribution in [0.15, 0.2) is 40.8 Å². The van der Waals surface area contributed by atoms with Crippen LogP contribution >= 0.6 is 0 Å². The molecule has 1 atom stereocenters. The van der Waals surface area contributed by atoms with E-state index in [1.54, 1.807) is 7.11 Å². The number of amides is 1. The first-order valence-electron chi connectivity index (χ1n) is 10.1. The Morgan fingerprint density at radius 1 is 1.10 bits per heavy atom. The van der Waals surface area contributed by atoms with E-state index in [0.29, 0.717) is 43.0 Å². The molecule has 1 fully saturated rings. The van der Waals surface area contributed by atoms with Gasteiger partial charge in [0.25, 0.3) is 0 Å². The van der Waals surface area contributed by atoms with E-state index in [2.05, 4.69) is 10.2 Å². The lowest BCUT2D eigenvalue weighted by molar-refractivity contribution is -0.147. The van der Waals surface area contributed by atoms with E-state index in [4.69, 9.17) is 13.9 Å². The maximum absolute atomic E-state index is 12.9. The van der Waals surface area contributed by atoms with Crippen LogP contribution in [0.2, 0.25) is 0 Å². The van der Waals surface area contributed by atoms with Crippen molar-refractivity contribution < 1.29 is 23.5 Å². The molecule has 158 valence electrons. The second-order valence-electron chi connectivity index (χ2n) is 7.65. The van der Waals surface area contributed by atoms with E-state index in [1.165, 1.54) is 7.11 Å². The van der Waals surface area contributed by atoms with E-state index < -0.39 is 0 Å². The number of furan rings is 1. The highest BCUT2D eigenvalue weighted by Crippen LogP contribution is 2.36. The Labute approximate surface area is 174 Å². The summed E-state index contributed by atoms with van der Waals surface area (Å²) in [6, 6.07) is 11.2. The smallest absolute Gasteiger partial charge is 0.308 e. The number of piperidine rings is 1. The van der Waals surface area contributed by atoms with Gasteiger partial charge in [0.05, 0.1) is 31.9 Å². The summed E-state index contributed by atoms with van der Waals surface area (Å²) >= 11 is 0. The van der Waals surface area contributed by atoms with Crippen molar-refractivity contribution in [1.82, 2.24) is 4.90 Å². The third-order valence-electron chi connectivity index (χ3n) is 5.95. The molecule has 0 saturated carbocycles. The number of ether oxygens (including phenoxy) is 2. The average molecular weight is 410 g/mol. The Bertz CT molecular complexity index is 1080. The number of hydrogen-bond donors (Lipinski definition) is 1. The molecule has 1 aromatic heterocycles. The molecule has 3 aromatic rings. The van der Waals surface area contributed by atoms with Crippen molar-refractivity contribution in [1.29, 1.82) is 0 Å². The van der Waals surface area contributed by atoms with E-state index in [-0.39, 0.29) is 23.8 Å². The Balaban J connectivity index is 1.51. The molecule has 1 aliphatic rings. The van der Waals surface area contributed by atoms with Crippen LogP contribution in [-0.2, 0) is 14.3 Å². The van der Waals surface area contributed by atoms with Gasteiger partial charge in [0, 0.05) is 16.8 Å². The quantitative estimate of drug-likeness (QED) is 0.645. The van der Waals surface area contributed by atoms with Crippen molar-refractivity contribution in [2.75, 3.05) is 32.6 Å². The highest BCUT2D eigenvalue weighted by Gasteiger charge is 2.30. The minimum Gasteiger partial charge on any atom is -0.495 e. The minimum atomic E-state index is -0.334. The zero-order chi connectivity index (χ0) is 21.3. The normalized spacial score (nSPS) is 16.5. The first kappa shape index (κ1) is 20.2. The molecular formula is C23H26N2O5. The second-order valence-corrected chi connectivity index (χ2v) is 7.65. The first-order valence-corrected chi connectivity index (χ1v) is 10.1. The summed E-state index contributed by atoms with van der Waals surface area (Å²) in [6.45, 7) is 3.22. The summed E-state index contributed by atoms with van der Waals surface area (Å²) in [4.78, 5) is 26.7. The van der Waals surface area contributed by atoms with Gasteiger partial charge in [-0.25, -0.2) is 0 Å². The number of para-hydroxylation sites is 1. The third-order valence-corrected chi connectivity index (χ3v) is 5.95. The lowest BCUT2D eigenvalue weighted by Crippen LogP contribution is -2.47. The summed E-state index contributed by atoms with van der Waals surface area (Å²) in [7, 11) is 3.00. The number of hydrogen-bond acceptors (Lipinski definition) is 6. The van der Waals surface area contributed by atoms with Crippen LogP contribution in [0.3, 0.4) is 0 Å². The Kier molecular flexibility index (Phi) is 5.63. The van der Waals surface area contributed by atoms with Gasteiger partial charge >= 0.3 is 5.97 Å². The average Bonchev–Trinajstić information content (AvgIpc) is 3.14. The van der Waals surface area contributed by atoms with Crippen LogP contribution in [0.1, 0.15) is 19.8 Å². The molecule has 1 saturated heterocycles. The van der Waals surface area contributed by atoms with Gasteiger partial charge in [-0.2, -0.15) is 0 Å². The van der Waals surface area contributed by atoms with Crippen LogP contribution in [-0.4, -0.2) is 50.1 Å². The molecule has 0 radical (unpaired) electrons. The number of carbonyl (C=O) groups excluding carboxylic acids is 2. The number of fused-ring (bicyclic) bond motifs is 3. The SMILES string of the molecule is COC(=O)C1CCN([C@H](C)C(=O)Nc2cc3oc4ccccc4c3cc2OC)CC1. The maximum atomic E-state index is 12.9. The lowest BCUT2D eigenvalue weighted by Gasteiger charge is -2.34. The molecule has 0 aliphatic carbocycles. The van der Waals surface area contributed by atoms with Gasteiger partial charge in [-0.3, -0.25) is 14.5 Å². The number of benzene rings is 2. The topological polar surface area (TPSA) is 81.0 Å². The Morgan fingerprint density at radius 3 is 2.53 bits per heavy atom. The van der Waals surface area contributed by atoms with Crippen LogP contribution in [0.4, 0.5) is 5.69 Å². The van der Waals surface area contributed by atoms with E-state index in [0.717, 1.165) is 16.4 Å². The molecule has 0 unspecified atom stereocenters. The maximum Gasteiger partial charge on any atom is 0.308 e. The number of methoxy groups -OCH3 is 2. The second kappa shape index (κ2) is 8.36. The molecule has 7 heteroatoms. The molecule has 30 heavy (non-hydrogen) atoms. The standard InChI is InChI=1S/C23H26N2O5/c1-14(25-10-8-15(9-11-25)23(27)29-3)22(26)24-18-13-20-17(12-21(18)28-2)16-6-4-5-7-19(16)30-20/h4-7,12-15H,8-11H2,1-3H3,(H,24,26)/t14-/m1/s1. The number of anilines is 1. The monoisotopic (exact) mass is 410 g/mol. The molecule has 2 heterocycles. The van der Waals surface area contributed by atoms with Crippen molar-refractivity contribution in [3.63, 3.8) is 0 Å². The number of carbonyl (C=O) groups is 2. The summed E-state index contributed by atoms with van der Waals surface area (Å²) in [5.41, 5.74) is 2.06. The van der Waals surface area contributed by atoms with E-state index in [9.17, 15) is 9.59 Å². The predicted octanol–water partition coefficient (Wildman–Crippen LogP) is 3.81. The molecule has 2 aromatic carbocycles. The number of esters is 1. The first-order chi connectivity index (χ1) is 14.5. The van der Waals surface area contributed by atoms with E-state index >= 15 is 0 Å². The van der Waals surface area contributed by atoms with Crippen LogP contribution in [0, 0.1) is 5.92 Å². The van der Waals surface area contributed by atoms with Gasteiger partial charge in [0.2, 0.25) is 5.91 Å². The molecule has 1 N–H and O–H groups in total. The van der Waals surface area contributed by atoms with Crippen molar-refractivity contribution in [3.05, 3.63) is 36.4 Å². The third kappa shape index (κ3) is 3.73. The van der Waals surface area contributed by atoms with Gasteiger partial charge in [-0.1, -0.05) is 18.2 Å². The molecular weight excluding hydrogens is 384 g/mol. The van der Waals surface area contributed by atoms with Crippen LogP contribution in [0.25, 0.3) is 21.9 Å². The molecule has 1 amide bonds. The highest BCUT2D eigenvalue weighted by molar-refractivity contribution is 6.08. The Hall–Kier alpha value is -3.06. The van der Waals surface area contributed by atoms with Gasteiger partial charge in [-0.15, -0.1) is 0 Å². The number of rotatable bonds is 5. The van der Waals surface area contributed by atoms with Gasteiger partial charge in [0.1, 0.15) is 16.9 Å². The van der Waals surface area contributed by atoms with E-state index in [1.807, 2.05) is 43.3 Å². The number of nitrogens with one attached hydrogen (secondary N) is 1. The van der Waals surface area contributed by atoms with Crippen molar-refractivity contribution >= 4 is 39.5 Å². The summed E-state index contributed by atoms with van der Waals surface area (Å²) in [6.07, 6.45) is 1.39. The van der Waals surface area contributed by atoms with Crippen molar-refractivity contribution in [2.45, 2.75) is 25.8 Å². The number of nitrogens with zero attached hydrogens (tertiary/aromatic N) is 1. The van der Waals surface area contributed by atoms with Gasteiger partial charge in [-0.05, 0) is 45.0 Å². The van der Waals surface area contributed by atoms with Gasteiger partial charge in [0.15, 0.2) is 0 Å². The van der Waals surface area contributed by atoms with Crippen LogP contribution < -0.4 is 10.1 Å². The minimum absolute atomic E-state index is 0.0860. The zero-order valence-corrected chi connectivity index (χ0v) is 17.4. The predicted molar refractivity (Wildman–Crippen MR) is 115 cm³/mol.